The Morgan fingerprint density at radius 3 is 2.44 bits per heavy atom. The van der Waals surface area contributed by atoms with Gasteiger partial charge in [-0.05, 0) is 51.0 Å². The molecule has 0 aromatic carbocycles. The zero-order valence-corrected chi connectivity index (χ0v) is 10.7. The molecule has 1 N–H and O–H groups in total. The number of hydrogen-bond acceptors (Lipinski definition) is 2. The molecule has 0 aromatic rings. The van der Waals surface area contributed by atoms with E-state index in [0.29, 0.717) is 12.1 Å². The first-order chi connectivity index (χ1) is 7.90. The largest absolute Gasteiger partial charge is 0.377 e. The van der Waals surface area contributed by atoms with Crippen molar-refractivity contribution in [3.63, 3.8) is 0 Å². The molecule has 0 amide bonds. The Labute approximate surface area is 100 Å². The van der Waals surface area contributed by atoms with E-state index in [1.54, 1.807) is 0 Å². The molecule has 2 aliphatic rings. The molecule has 94 valence electrons. The Balaban J connectivity index is 1.71. The van der Waals surface area contributed by atoms with Crippen LogP contribution in [0.15, 0.2) is 0 Å². The van der Waals surface area contributed by atoms with Gasteiger partial charge in [0.05, 0.1) is 12.7 Å². The number of ether oxygens (including phenoxy) is 1. The lowest BCUT2D eigenvalue weighted by Crippen LogP contribution is -2.41. The van der Waals surface area contributed by atoms with Gasteiger partial charge in [0.25, 0.3) is 0 Å². The van der Waals surface area contributed by atoms with E-state index in [0.717, 1.165) is 19.1 Å². The van der Waals surface area contributed by atoms with Gasteiger partial charge in [-0.25, -0.2) is 0 Å². The zero-order valence-electron chi connectivity index (χ0n) is 10.7. The van der Waals surface area contributed by atoms with Gasteiger partial charge in [0.1, 0.15) is 0 Å². The van der Waals surface area contributed by atoms with E-state index in [4.69, 9.17) is 4.74 Å². The molecule has 2 aliphatic carbocycles. The SMILES string of the molecule is CCCNC(COC1CCC1)C1CCCC1. The Hall–Kier alpha value is -0.0800. The van der Waals surface area contributed by atoms with E-state index in [1.807, 2.05) is 0 Å². The van der Waals surface area contributed by atoms with Crippen molar-refractivity contribution in [2.45, 2.75) is 70.4 Å². The molecule has 0 aromatic heterocycles. The van der Waals surface area contributed by atoms with Crippen LogP contribution in [0.4, 0.5) is 0 Å². The van der Waals surface area contributed by atoms with Gasteiger partial charge < -0.3 is 10.1 Å². The molecule has 2 rings (SSSR count). The summed E-state index contributed by atoms with van der Waals surface area (Å²) in [6.07, 6.45) is 11.5. The van der Waals surface area contributed by atoms with Crippen LogP contribution in [-0.2, 0) is 4.74 Å². The number of rotatable bonds is 7. The lowest BCUT2D eigenvalue weighted by atomic mass is 9.95. The molecule has 0 spiro atoms. The summed E-state index contributed by atoms with van der Waals surface area (Å²) in [6.45, 7) is 4.34. The van der Waals surface area contributed by atoms with Crippen LogP contribution in [0.1, 0.15) is 58.3 Å². The van der Waals surface area contributed by atoms with Crippen LogP contribution in [0.2, 0.25) is 0 Å². The second-order valence-electron chi connectivity index (χ2n) is 5.49. The van der Waals surface area contributed by atoms with E-state index in [1.165, 1.54) is 51.4 Å². The quantitative estimate of drug-likeness (QED) is 0.719. The van der Waals surface area contributed by atoms with Crippen LogP contribution in [0.25, 0.3) is 0 Å². The van der Waals surface area contributed by atoms with Gasteiger partial charge in [-0.15, -0.1) is 0 Å². The number of hydrogen-bond donors (Lipinski definition) is 1. The molecule has 0 heterocycles. The standard InChI is InChI=1S/C14H27NO/c1-2-10-15-14(12-6-3-4-7-12)11-16-13-8-5-9-13/h12-15H,2-11H2,1H3. The highest BCUT2D eigenvalue weighted by atomic mass is 16.5. The van der Waals surface area contributed by atoms with E-state index in [9.17, 15) is 0 Å². The molecule has 0 bridgehead atoms. The molecule has 2 saturated carbocycles. The van der Waals surface area contributed by atoms with Crippen LogP contribution in [0, 0.1) is 5.92 Å². The zero-order chi connectivity index (χ0) is 11.2. The Morgan fingerprint density at radius 1 is 1.12 bits per heavy atom. The minimum absolute atomic E-state index is 0.590. The van der Waals surface area contributed by atoms with Gasteiger partial charge in [0, 0.05) is 6.04 Å². The highest BCUT2D eigenvalue weighted by Gasteiger charge is 2.26. The predicted molar refractivity (Wildman–Crippen MR) is 67.6 cm³/mol. The summed E-state index contributed by atoms with van der Waals surface area (Å²) >= 11 is 0. The van der Waals surface area contributed by atoms with Gasteiger partial charge in [-0.2, -0.15) is 0 Å². The Kier molecular flexibility index (Phi) is 5.11. The van der Waals surface area contributed by atoms with Gasteiger partial charge in [0.15, 0.2) is 0 Å². The average molecular weight is 225 g/mol. The normalized spacial score (nSPS) is 24.6. The molecule has 2 heteroatoms. The first-order valence-corrected chi connectivity index (χ1v) is 7.25. The highest BCUT2D eigenvalue weighted by Crippen LogP contribution is 2.29. The monoisotopic (exact) mass is 225 g/mol. The third-order valence-corrected chi connectivity index (χ3v) is 4.19. The molecular formula is C14H27NO. The summed E-state index contributed by atoms with van der Waals surface area (Å²) in [5.41, 5.74) is 0. The fourth-order valence-corrected chi connectivity index (χ4v) is 2.83. The maximum Gasteiger partial charge on any atom is 0.0626 e. The number of nitrogens with one attached hydrogen (secondary N) is 1. The molecular weight excluding hydrogens is 198 g/mol. The van der Waals surface area contributed by atoms with Gasteiger partial charge in [-0.3, -0.25) is 0 Å². The summed E-state index contributed by atoms with van der Waals surface area (Å²) < 4.78 is 5.99. The van der Waals surface area contributed by atoms with Crippen LogP contribution in [-0.4, -0.2) is 25.3 Å². The maximum atomic E-state index is 5.99. The predicted octanol–water partition coefficient (Wildman–Crippen LogP) is 3.11. The minimum Gasteiger partial charge on any atom is -0.377 e. The Bertz CT molecular complexity index is 185. The smallest absolute Gasteiger partial charge is 0.0626 e. The van der Waals surface area contributed by atoms with Crippen molar-refractivity contribution in [3.8, 4) is 0 Å². The molecule has 2 nitrogen and oxygen atoms in total. The molecule has 1 unspecified atom stereocenters. The first kappa shape index (κ1) is 12.4. The second kappa shape index (κ2) is 6.61. The molecule has 1 atom stereocenters. The molecule has 0 radical (unpaired) electrons. The van der Waals surface area contributed by atoms with Crippen molar-refractivity contribution in [1.82, 2.24) is 5.32 Å². The van der Waals surface area contributed by atoms with Crippen LogP contribution >= 0.6 is 0 Å². The fraction of sp³-hybridized carbons (Fsp3) is 1.00. The van der Waals surface area contributed by atoms with Crippen molar-refractivity contribution in [1.29, 1.82) is 0 Å². The van der Waals surface area contributed by atoms with Crippen LogP contribution in [0.3, 0.4) is 0 Å². The average Bonchev–Trinajstić information content (AvgIpc) is 2.73. The topological polar surface area (TPSA) is 21.3 Å². The fourth-order valence-electron chi connectivity index (χ4n) is 2.83. The molecule has 0 aliphatic heterocycles. The van der Waals surface area contributed by atoms with E-state index >= 15 is 0 Å². The summed E-state index contributed by atoms with van der Waals surface area (Å²) in [5, 5.41) is 3.69. The van der Waals surface area contributed by atoms with E-state index < -0.39 is 0 Å². The third kappa shape index (κ3) is 3.46. The van der Waals surface area contributed by atoms with Crippen molar-refractivity contribution >= 4 is 0 Å². The molecule has 16 heavy (non-hydrogen) atoms. The lowest BCUT2D eigenvalue weighted by molar-refractivity contribution is -0.0156. The summed E-state index contributed by atoms with van der Waals surface area (Å²) in [7, 11) is 0. The second-order valence-corrected chi connectivity index (χ2v) is 5.49. The molecule has 0 saturated heterocycles. The van der Waals surface area contributed by atoms with Crippen molar-refractivity contribution in [3.05, 3.63) is 0 Å². The first-order valence-electron chi connectivity index (χ1n) is 7.25. The molecule has 2 fully saturated rings. The van der Waals surface area contributed by atoms with Crippen molar-refractivity contribution in [2.75, 3.05) is 13.2 Å². The summed E-state index contributed by atoms with van der Waals surface area (Å²) in [5.74, 6) is 0.881. The van der Waals surface area contributed by atoms with Gasteiger partial charge in [0.2, 0.25) is 0 Å². The lowest BCUT2D eigenvalue weighted by Gasteiger charge is -2.30. The maximum absolute atomic E-state index is 5.99. The summed E-state index contributed by atoms with van der Waals surface area (Å²) in [6, 6.07) is 0.628. The third-order valence-electron chi connectivity index (χ3n) is 4.19. The van der Waals surface area contributed by atoms with E-state index in [2.05, 4.69) is 12.2 Å². The van der Waals surface area contributed by atoms with Gasteiger partial charge >= 0.3 is 0 Å². The van der Waals surface area contributed by atoms with Crippen LogP contribution < -0.4 is 5.32 Å². The van der Waals surface area contributed by atoms with Crippen molar-refractivity contribution < 1.29 is 4.74 Å². The van der Waals surface area contributed by atoms with Crippen LogP contribution in [0.5, 0.6) is 0 Å². The minimum atomic E-state index is 0.590. The van der Waals surface area contributed by atoms with Crippen molar-refractivity contribution in [2.24, 2.45) is 5.92 Å². The van der Waals surface area contributed by atoms with Gasteiger partial charge in [-0.1, -0.05) is 19.8 Å². The Morgan fingerprint density at radius 2 is 1.88 bits per heavy atom. The van der Waals surface area contributed by atoms with E-state index in [-0.39, 0.29) is 0 Å². The summed E-state index contributed by atoms with van der Waals surface area (Å²) in [4.78, 5) is 0. The highest BCUT2D eigenvalue weighted by molar-refractivity contribution is 4.81.